The number of nitro groups is 1. The van der Waals surface area contributed by atoms with Gasteiger partial charge in [0.1, 0.15) is 12.6 Å². The average molecular weight is 283 g/mol. The Balaban J connectivity index is 1.67. The van der Waals surface area contributed by atoms with Gasteiger partial charge in [-0.2, -0.15) is 0 Å². The van der Waals surface area contributed by atoms with Gasteiger partial charge < -0.3 is 5.32 Å². The van der Waals surface area contributed by atoms with E-state index in [0.717, 1.165) is 12.1 Å². The van der Waals surface area contributed by atoms with Crippen molar-refractivity contribution >= 4 is 5.69 Å². The topological polar surface area (TPSA) is 59.8 Å². The molecule has 0 amide bonds. The summed E-state index contributed by atoms with van der Waals surface area (Å²) in [5, 5.41) is 13.0. The Morgan fingerprint density at radius 1 is 1.14 bits per heavy atom. The zero-order valence-electron chi connectivity index (χ0n) is 11.9. The molecule has 0 bridgehead atoms. The van der Waals surface area contributed by atoms with E-state index in [-0.39, 0.29) is 10.6 Å². The number of rotatable bonds is 4. The molecule has 1 aliphatic rings. The summed E-state index contributed by atoms with van der Waals surface area (Å²) in [6, 6.07) is 16.0. The Bertz CT molecular complexity index is 637. The molecule has 21 heavy (non-hydrogen) atoms. The zero-order valence-corrected chi connectivity index (χ0v) is 11.9. The summed E-state index contributed by atoms with van der Waals surface area (Å²) in [4.78, 5) is 10.3. The molecule has 0 saturated heterocycles. The first kappa shape index (κ1) is 13.8. The largest absolute Gasteiger partial charge is 0.336 e. The van der Waals surface area contributed by atoms with Crippen molar-refractivity contribution < 1.29 is 10.2 Å². The van der Waals surface area contributed by atoms with E-state index in [1.165, 1.54) is 30.4 Å². The van der Waals surface area contributed by atoms with Crippen LogP contribution in [0.3, 0.4) is 0 Å². The van der Waals surface area contributed by atoms with Gasteiger partial charge in [0.2, 0.25) is 0 Å². The van der Waals surface area contributed by atoms with Crippen LogP contribution in [0.1, 0.15) is 35.6 Å². The first-order chi connectivity index (χ1) is 10.2. The number of non-ortho nitro benzene ring substituents is 1. The molecule has 108 valence electrons. The summed E-state index contributed by atoms with van der Waals surface area (Å²) in [7, 11) is 0. The minimum atomic E-state index is -0.356. The van der Waals surface area contributed by atoms with Crippen molar-refractivity contribution in [3.63, 3.8) is 0 Å². The van der Waals surface area contributed by atoms with Gasteiger partial charge in [0.25, 0.3) is 5.69 Å². The van der Waals surface area contributed by atoms with Gasteiger partial charge in [-0.3, -0.25) is 10.1 Å². The highest BCUT2D eigenvalue weighted by Crippen LogP contribution is 2.26. The molecule has 1 aliphatic carbocycles. The normalized spacial score (nSPS) is 17.2. The van der Waals surface area contributed by atoms with E-state index in [4.69, 9.17) is 0 Å². The van der Waals surface area contributed by atoms with Crippen LogP contribution in [-0.2, 0) is 13.0 Å². The van der Waals surface area contributed by atoms with E-state index in [2.05, 4.69) is 29.6 Å². The minimum absolute atomic E-state index is 0.154. The lowest BCUT2D eigenvalue weighted by Gasteiger charge is -2.23. The summed E-state index contributed by atoms with van der Waals surface area (Å²) in [6.45, 7) is 0.858. The van der Waals surface area contributed by atoms with Crippen LogP contribution in [0.5, 0.6) is 0 Å². The molecule has 0 fully saturated rings. The first-order valence-corrected chi connectivity index (χ1v) is 7.38. The number of nitrogens with two attached hydrogens (primary N) is 1. The van der Waals surface area contributed by atoms with Gasteiger partial charge in [0, 0.05) is 29.7 Å². The SMILES string of the molecule is O=[N+]([O-])c1ccc(C[NH2+]C2CCCc3ccccc32)cc1. The van der Waals surface area contributed by atoms with Gasteiger partial charge in [0.15, 0.2) is 0 Å². The molecule has 2 N–H and O–H groups in total. The van der Waals surface area contributed by atoms with E-state index in [0.29, 0.717) is 6.04 Å². The summed E-state index contributed by atoms with van der Waals surface area (Å²) in [5.74, 6) is 0. The Labute approximate surface area is 124 Å². The van der Waals surface area contributed by atoms with Crippen LogP contribution in [-0.4, -0.2) is 4.92 Å². The Kier molecular flexibility index (Phi) is 3.97. The Morgan fingerprint density at radius 2 is 1.90 bits per heavy atom. The Hall–Kier alpha value is -2.20. The molecule has 1 unspecified atom stereocenters. The molecule has 4 heteroatoms. The van der Waals surface area contributed by atoms with E-state index >= 15 is 0 Å². The zero-order chi connectivity index (χ0) is 14.7. The standard InChI is InChI=1S/C17H18N2O2/c20-19(21)15-10-8-13(9-11-15)12-18-17-7-3-5-14-4-1-2-6-16(14)17/h1-2,4,6,8-11,17-18H,3,5,7,12H2/p+1. The number of quaternary nitrogens is 1. The van der Waals surface area contributed by atoms with Crippen LogP contribution in [0.15, 0.2) is 48.5 Å². The molecule has 0 aromatic heterocycles. The second kappa shape index (κ2) is 6.06. The fourth-order valence-electron chi connectivity index (χ4n) is 3.07. The molecule has 0 heterocycles. The maximum absolute atomic E-state index is 10.7. The van der Waals surface area contributed by atoms with Crippen LogP contribution in [0.25, 0.3) is 0 Å². The summed E-state index contributed by atoms with van der Waals surface area (Å²) >= 11 is 0. The molecule has 4 nitrogen and oxygen atoms in total. The van der Waals surface area contributed by atoms with E-state index in [1.807, 2.05) is 12.1 Å². The van der Waals surface area contributed by atoms with Crippen LogP contribution in [0, 0.1) is 10.1 Å². The number of benzene rings is 2. The fourth-order valence-corrected chi connectivity index (χ4v) is 3.07. The van der Waals surface area contributed by atoms with E-state index in [9.17, 15) is 10.1 Å². The van der Waals surface area contributed by atoms with Crippen molar-refractivity contribution in [2.24, 2.45) is 0 Å². The molecule has 0 spiro atoms. The van der Waals surface area contributed by atoms with Gasteiger partial charge in [-0.05, 0) is 30.5 Å². The molecule has 2 aromatic rings. The molecular weight excluding hydrogens is 264 g/mol. The van der Waals surface area contributed by atoms with Crippen LogP contribution in [0.2, 0.25) is 0 Å². The first-order valence-electron chi connectivity index (χ1n) is 7.38. The van der Waals surface area contributed by atoms with E-state index in [1.54, 1.807) is 12.1 Å². The third-order valence-corrected chi connectivity index (χ3v) is 4.20. The maximum Gasteiger partial charge on any atom is 0.269 e. The van der Waals surface area contributed by atoms with Crippen LogP contribution in [0.4, 0.5) is 5.69 Å². The second-order valence-corrected chi connectivity index (χ2v) is 5.56. The molecule has 0 aliphatic heterocycles. The summed E-state index contributed by atoms with van der Waals surface area (Å²) < 4.78 is 0. The van der Waals surface area contributed by atoms with Gasteiger partial charge in [-0.25, -0.2) is 0 Å². The molecule has 2 aromatic carbocycles. The lowest BCUT2D eigenvalue weighted by atomic mass is 9.87. The third-order valence-electron chi connectivity index (χ3n) is 4.20. The van der Waals surface area contributed by atoms with Gasteiger partial charge in [-0.15, -0.1) is 0 Å². The summed E-state index contributed by atoms with van der Waals surface area (Å²) in [5.41, 5.74) is 4.20. The van der Waals surface area contributed by atoms with E-state index < -0.39 is 0 Å². The number of nitro benzene ring substituents is 1. The van der Waals surface area contributed by atoms with Gasteiger partial charge >= 0.3 is 0 Å². The Morgan fingerprint density at radius 3 is 2.67 bits per heavy atom. The number of aryl methyl sites for hydroxylation is 1. The fraction of sp³-hybridized carbons (Fsp3) is 0.294. The van der Waals surface area contributed by atoms with Gasteiger partial charge in [-0.1, -0.05) is 24.3 Å². The third kappa shape index (κ3) is 3.11. The molecular formula is C17H19N2O2+. The molecule has 1 atom stereocenters. The van der Waals surface area contributed by atoms with Crippen molar-refractivity contribution in [1.82, 2.24) is 0 Å². The van der Waals surface area contributed by atoms with Crippen molar-refractivity contribution in [2.45, 2.75) is 31.8 Å². The quantitative estimate of drug-likeness (QED) is 0.693. The van der Waals surface area contributed by atoms with Crippen molar-refractivity contribution in [2.75, 3.05) is 0 Å². The molecule has 0 radical (unpaired) electrons. The highest BCUT2D eigenvalue weighted by atomic mass is 16.6. The predicted octanol–water partition coefficient (Wildman–Crippen LogP) is 2.74. The number of hydrogen-bond acceptors (Lipinski definition) is 2. The molecule has 0 saturated carbocycles. The lowest BCUT2D eigenvalue weighted by molar-refractivity contribution is -0.712. The minimum Gasteiger partial charge on any atom is -0.336 e. The van der Waals surface area contributed by atoms with Crippen molar-refractivity contribution in [3.05, 3.63) is 75.3 Å². The average Bonchev–Trinajstić information content (AvgIpc) is 2.53. The van der Waals surface area contributed by atoms with Crippen LogP contribution < -0.4 is 5.32 Å². The second-order valence-electron chi connectivity index (χ2n) is 5.56. The number of hydrogen-bond donors (Lipinski definition) is 1. The smallest absolute Gasteiger partial charge is 0.269 e. The monoisotopic (exact) mass is 283 g/mol. The van der Waals surface area contributed by atoms with Crippen molar-refractivity contribution in [3.8, 4) is 0 Å². The lowest BCUT2D eigenvalue weighted by Crippen LogP contribution is -2.84. The highest BCUT2D eigenvalue weighted by Gasteiger charge is 2.22. The highest BCUT2D eigenvalue weighted by molar-refractivity contribution is 5.33. The van der Waals surface area contributed by atoms with Crippen molar-refractivity contribution in [1.29, 1.82) is 0 Å². The predicted molar refractivity (Wildman–Crippen MR) is 80.8 cm³/mol. The number of nitrogens with zero attached hydrogens (tertiary/aromatic N) is 1. The van der Waals surface area contributed by atoms with Crippen LogP contribution >= 0.6 is 0 Å². The molecule has 3 rings (SSSR count). The number of fused-ring (bicyclic) bond motifs is 1. The van der Waals surface area contributed by atoms with Gasteiger partial charge in [0.05, 0.1) is 4.92 Å². The summed E-state index contributed by atoms with van der Waals surface area (Å²) in [6.07, 6.45) is 3.61. The maximum atomic E-state index is 10.7.